The molecule has 0 atom stereocenters. The fraction of sp³-hybridized carbons (Fsp3) is 0.154. The number of nitrogens with one attached hydrogen (secondary N) is 1. The van der Waals surface area contributed by atoms with Gasteiger partial charge in [0.1, 0.15) is 0 Å². The molecule has 0 saturated heterocycles. The Morgan fingerprint density at radius 1 is 1.03 bits per heavy atom. The average molecular weight is 490 g/mol. The summed E-state index contributed by atoms with van der Waals surface area (Å²) in [5.74, 6) is -0.336. The Balaban J connectivity index is 1.32. The van der Waals surface area contributed by atoms with E-state index >= 15 is 0 Å². The molecule has 1 aliphatic rings. The first kappa shape index (κ1) is 22.3. The molecule has 0 saturated carbocycles. The Hall–Kier alpha value is -3.49. The van der Waals surface area contributed by atoms with Crippen LogP contribution in [0.25, 0.3) is 11.3 Å². The number of hydrogen-bond donors (Lipinski definition) is 1. The highest BCUT2D eigenvalue weighted by Gasteiger charge is 2.30. The highest BCUT2D eigenvalue weighted by atomic mass is 32.2. The van der Waals surface area contributed by atoms with E-state index in [1.165, 1.54) is 39.9 Å². The Kier molecular flexibility index (Phi) is 5.71. The number of carbonyl (C=O) groups excluding carboxylic acids is 1. The normalized spacial score (nSPS) is 13.1. The van der Waals surface area contributed by atoms with Crippen LogP contribution in [0, 0.1) is 13.8 Å². The molecule has 0 fully saturated rings. The molecule has 34 heavy (non-hydrogen) atoms. The molecule has 0 bridgehead atoms. The summed E-state index contributed by atoms with van der Waals surface area (Å²) < 4.78 is 27.8. The topological polar surface area (TPSA) is 79.4 Å². The first-order valence-electron chi connectivity index (χ1n) is 10.9. The van der Waals surface area contributed by atoms with Crippen molar-refractivity contribution in [1.82, 2.24) is 4.98 Å². The van der Waals surface area contributed by atoms with Crippen LogP contribution in [0.5, 0.6) is 0 Å². The summed E-state index contributed by atoms with van der Waals surface area (Å²) >= 11 is 1.35. The van der Waals surface area contributed by atoms with Gasteiger partial charge in [-0.15, -0.1) is 11.3 Å². The van der Waals surface area contributed by atoms with Crippen LogP contribution in [0.4, 0.5) is 10.8 Å². The van der Waals surface area contributed by atoms with Crippen molar-refractivity contribution in [3.8, 4) is 11.3 Å². The molecule has 172 valence electrons. The fourth-order valence-electron chi connectivity index (χ4n) is 4.10. The molecular weight excluding hydrogens is 466 g/mol. The van der Waals surface area contributed by atoms with Crippen LogP contribution in [0.2, 0.25) is 0 Å². The van der Waals surface area contributed by atoms with E-state index in [0.29, 0.717) is 29.3 Å². The Bertz CT molecular complexity index is 1490. The van der Waals surface area contributed by atoms with Gasteiger partial charge in [0, 0.05) is 23.1 Å². The van der Waals surface area contributed by atoms with Gasteiger partial charge in [-0.1, -0.05) is 35.9 Å². The van der Waals surface area contributed by atoms with E-state index in [2.05, 4.69) is 28.5 Å². The number of fused-ring (bicyclic) bond motifs is 1. The zero-order valence-electron chi connectivity index (χ0n) is 18.8. The molecule has 5 rings (SSSR count). The molecule has 2 heterocycles. The molecule has 1 N–H and O–H groups in total. The minimum atomic E-state index is -3.70. The van der Waals surface area contributed by atoms with E-state index in [-0.39, 0.29) is 10.8 Å². The largest absolute Gasteiger partial charge is 0.298 e. The molecule has 1 amide bonds. The average Bonchev–Trinajstić information content (AvgIpc) is 3.48. The highest BCUT2D eigenvalue weighted by Crippen LogP contribution is 2.33. The molecule has 8 heteroatoms. The van der Waals surface area contributed by atoms with Crippen LogP contribution in [0.3, 0.4) is 0 Å². The van der Waals surface area contributed by atoms with Crippen molar-refractivity contribution in [1.29, 1.82) is 0 Å². The van der Waals surface area contributed by atoms with Crippen molar-refractivity contribution < 1.29 is 13.2 Å². The van der Waals surface area contributed by atoms with Gasteiger partial charge in [0.25, 0.3) is 15.9 Å². The number of carbonyl (C=O) groups is 1. The smallest absolute Gasteiger partial charge is 0.264 e. The number of benzene rings is 3. The lowest BCUT2D eigenvalue weighted by atomic mass is 10.0. The third-order valence-electron chi connectivity index (χ3n) is 5.94. The Morgan fingerprint density at radius 3 is 2.59 bits per heavy atom. The lowest BCUT2D eigenvalue weighted by Gasteiger charge is -2.19. The second kappa shape index (κ2) is 8.70. The van der Waals surface area contributed by atoms with Crippen LogP contribution in [0.15, 0.2) is 77.0 Å². The van der Waals surface area contributed by atoms with Gasteiger partial charge in [-0.05, 0) is 67.8 Å². The van der Waals surface area contributed by atoms with Gasteiger partial charge >= 0.3 is 0 Å². The van der Waals surface area contributed by atoms with Crippen LogP contribution in [-0.4, -0.2) is 25.9 Å². The SMILES string of the molecule is Cc1ccc(C)c(-c2csc(NC(=O)c3ccc(S(=O)(=O)N4CCc5ccccc54)cc3)n2)c1. The number of sulfonamides is 1. The lowest BCUT2D eigenvalue weighted by molar-refractivity contribution is 0.102. The third kappa shape index (κ3) is 4.10. The van der Waals surface area contributed by atoms with Crippen LogP contribution < -0.4 is 9.62 Å². The van der Waals surface area contributed by atoms with E-state index in [0.717, 1.165) is 27.9 Å². The summed E-state index contributed by atoms with van der Waals surface area (Å²) in [4.78, 5) is 17.5. The minimum absolute atomic E-state index is 0.159. The predicted molar refractivity (Wildman–Crippen MR) is 136 cm³/mol. The highest BCUT2D eigenvalue weighted by molar-refractivity contribution is 7.92. The van der Waals surface area contributed by atoms with Gasteiger partial charge in [-0.2, -0.15) is 0 Å². The maximum absolute atomic E-state index is 13.2. The van der Waals surface area contributed by atoms with Crippen molar-refractivity contribution >= 4 is 38.1 Å². The molecule has 0 radical (unpaired) electrons. The van der Waals surface area contributed by atoms with Crippen molar-refractivity contribution in [3.63, 3.8) is 0 Å². The molecule has 0 unspecified atom stereocenters. The number of aryl methyl sites for hydroxylation is 2. The molecular formula is C26H23N3O3S2. The van der Waals surface area contributed by atoms with Crippen molar-refractivity contribution in [3.05, 3.63) is 94.4 Å². The van der Waals surface area contributed by atoms with E-state index in [1.807, 2.05) is 43.5 Å². The number of amides is 1. The molecule has 1 aliphatic heterocycles. The first-order valence-corrected chi connectivity index (χ1v) is 13.2. The maximum Gasteiger partial charge on any atom is 0.264 e. The van der Waals surface area contributed by atoms with E-state index in [1.54, 1.807) is 0 Å². The quantitative estimate of drug-likeness (QED) is 0.405. The van der Waals surface area contributed by atoms with Gasteiger partial charge in [0.05, 0.1) is 16.3 Å². The van der Waals surface area contributed by atoms with Gasteiger partial charge in [-0.25, -0.2) is 13.4 Å². The molecule has 6 nitrogen and oxygen atoms in total. The molecule has 4 aromatic rings. The van der Waals surface area contributed by atoms with Crippen molar-refractivity contribution in [2.45, 2.75) is 25.2 Å². The first-order chi connectivity index (χ1) is 16.3. The molecule has 3 aromatic carbocycles. The molecule has 0 spiro atoms. The molecule has 0 aliphatic carbocycles. The second-order valence-corrected chi connectivity index (χ2v) is 11.0. The van der Waals surface area contributed by atoms with Gasteiger partial charge < -0.3 is 0 Å². The Labute approximate surface area is 203 Å². The summed E-state index contributed by atoms with van der Waals surface area (Å²) in [6.07, 6.45) is 0.688. The van der Waals surface area contributed by atoms with Gasteiger partial charge in [0.2, 0.25) is 0 Å². The summed E-state index contributed by atoms with van der Waals surface area (Å²) in [6.45, 7) is 4.48. The Morgan fingerprint density at radius 2 is 1.79 bits per heavy atom. The van der Waals surface area contributed by atoms with Crippen molar-refractivity contribution in [2.24, 2.45) is 0 Å². The number of para-hydroxylation sites is 1. The van der Waals surface area contributed by atoms with Crippen molar-refractivity contribution in [2.75, 3.05) is 16.2 Å². The summed E-state index contributed by atoms with van der Waals surface area (Å²) in [7, 11) is -3.70. The number of thiazole rings is 1. The van der Waals surface area contributed by atoms with Crippen LogP contribution >= 0.6 is 11.3 Å². The van der Waals surface area contributed by atoms with Crippen LogP contribution in [-0.2, 0) is 16.4 Å². The number of hydrogen-bond acceptors (Lipinski definition) is 5. The second-order valence-electron chi connectivity index (χ2n) is 8.29. The van der Waals surface area contributed by atoms with E-state index < -0.39 is 10.0 Å². The van der Waals surface area contributed by atoms with E-state index in [9.17, 15) is 13.2 Å². The predicted octanol–water partition coefficient (Wildman–Crippen LogP) is 5.43. The van der Waals surface area contributed by atoms with E-state index in [4.69, 9.17) is 0 Å². The number of anilines is 2. The lowest BCUT2D eigenvalue weighted by Crippen LogP contribution is -2.29. The number of rotatable bonds is 5. The number of aromatic nitrogens is 1. The zero-order valence-corrected chi connectivity index (χ0v) is 20.4. The molecule has 1 aromatic heterocycles. The van der Waals surface area contributed by atoms with Gasteiger partial charge in [-0.3, -0.25) is 14.4 Å². The monoisotopic (exact) mass is 489 g/mol. The van der Waals surface area contributed by atoms with Crippen LogP contribution in [0.1, 0.15) is 27.0 Å². The number of nitrogens with zero attached hydrogens (tertiary/aromatic N) is 2. The fourth-order valence-corrected chi connectivity index (χ4v) is 6.31. The minimum Gasteiger partial charge on any atom is -0.298 e. The maximum atomic E-state index is 13.2. The summed E-state index contributed by atoms with van der Waals surface area (Å²) in [5.41, 5.74) is 6.21. The summed E-state index contributed by atoms with van der Waals surface area (Å²) in [5, 5.41) is 5.23. The summed E-state index contributed by atoms with van der Waals surface area (Å²) in [6, 6.07) is 19.7. The third-order valence-corrected chi connectivity index (χ3v) is 8.53. The zero-order chi connectivity index (χ0) is 23.9. The standard InChI is InChI=1S/C26H23N3O3S2/c1-17-7-8-18(2)22(15-17)23-16-33-26(27-23)28-25(30)20-9-11-21(12-10-20)34(31,32)29-14-13-19-5-3-4-6-24(19)29/h3-12,15-16H,13-14H2,1-2H3,(H,27,28,30). The van der Waals surface area contributed by atoms with Gasteiger partial charge in [0.15, 0.2) is 5.13 Å².